The van der Waals surface area contributed by atoms with E-state index in [9.17, 15) is 14.3 Å². The van der Waals surface area contributed by atoms with Crippen molar-refractivity contribution in [2.24, 2.45) is 0 Å². The van der Waals surface area contributed by atoms with E-state index in [1.165, 1.54) is 18.2 Å². The summed E-state index contributed by atoms with van der Waals surface area (Å²) in [6.45, 7) is 3.69. The van der Waals surface area contributed by atoms with Gasteiger partial charge in [0.05, 0.1) is 6.61 Å². The maximum absolute atomic E-state index is 13.1. The van der Waals surface area contributed by atoms with Crippen molar-refractivity contribution in [2.75, 3.05) is 6.61 Å². The highest BCUT2D eigenvalue weighted by atomic mass is 79.9. The first-order valence-electron chi connectivity index (χ1n) is 7.47. The van der Waals surface area contributed by atoms with Gasteiger partial charge in [0.1, 0.15) is 11.4 Å². The van der Waals surface area contributed by atoms with Gasteiger partial charge >= 0.3 is 5.97 Å². The van der Waals surface area contributed by atoms with Gasteiger partial charge in [0.25, 0.3) is 0 Å². The SMILES string of the molecule is CCOC(=O)/C=C/c1cc(Br)cc(C(C)(O)c2ccc(F)cc2)c1. The average molecular weight is 393 g/mol. The molecule has 0 heterocycles. The zero-order chi connectivity index (χ0) is 17.7. The fourth-order valence-corrected chi connectivity index (χ4v) is 2.80. The third-order valence-corrected chi connectivity index (χ3v) is 4.04. The Hall–Kier alpha value is -1.98. The first-order chi connectivity index (χ1) is 11.3. The van der Waals surface area contributed by atoms with E-state index in [2.05, 4.69) is 15.9 Å². The molecule has 3 nitrogen and oxygen atoms in total. The summed E-state index contributed by atoms with van der Waals surface area (Å²) >= 11 is 3.41. The van der Waals surface area contributed by atoms with Crippen LogP contribution in [0.25, 0.3) is 6.08 Å². The molecule has 24 heavy (non-hydrogen) atoms. The standard InChI is InChI=1S/C19H18BrFO3/c1-3-24-18(22)9-4-13-10-15(12-16(20)11-13)19(2,23)14-5-7-17(21)8-6-14/h4-12,23H,3H2,1-2H3/b9-4+. The van der Waals surface area contributed by atoms with Crippen LogP contribution in [0.1, 0.15) is 30.5 Å². The molecule has 0 bridgehead atoms. The first-order valence-corrected chi connectivity index (χ1v) is 8.26. The summed E-state index contributed by atoms with van der Waals surface area (Å²) < 4.78 is 18.7. The van der Waals surface area contributed by atoms with Crippen LogP contribution in [0.5, 0.6) is 0 Å². The second-order valence-corrected chi connectivity index (χ2v) is 6.35. The highest BCUT2D eigenvalue weighted by Gasteiger charge is 2.26. The summed E-state index contributed by atoms with van der Waals surface area (Å²) in [5.74, 6) is -0.786. The summed E-state index contributed by atoms with van der Waals surface area (Å²) in [6.07, 6.45) is 2.95. The lowest BCUT2D eigenvalue weighted by Crippen LogP contribution is -2.22. The molecule has 0 spiro atoms. The maximum atomic E-state index is 13.1. The highest BCUT2D eigenvalue weighted by Crippen LogP contribution is 2.32. The van der Waals surface area contributed by atoms with Crippen LogP contribution in [0, 0.1) is 5.82 Å². The largest absolute Gasteiger partial charge is 0.463 e. The van der Waals surface area contributed by atoms with Crippen LogP contribution < -0.4 is 0 Å². The highest BCUT2D eigenvalue weighted by molar-refractivity contribution is 9.10. The fraction of sp³-hybridized carbons (Fsp3) is 0.211. The van der Waals surface area contributed by atoms with E-state index >= 15 is 0 Å². The molecule has 0 aliphatic rings. The lowest BCUT2D eigenvalue weighted by molar-refractivity contribution is -0.137. The monoisotopic (exact) mass is 392 g/mol. The molecule has 2 aromatic carbocycles. The minimum atomic E-state index is -1.30. The Morgan fingerprint density at radius 2 is 1.92 bits per heavy atom. The summed E-state index contributed by atoms with van der Waals surface area (Å²) in [5, 5.41) is 10.9. The van der Waals surface area contributed by atoms with Crippen LogP contribution in [-0.4, -0.2) is 17.7 Å². The average Bonchev–Trinajstić information content (AvgIpc) is 2.53. The lowest BCUT2D eigenvalue weighted by Gasteiger charge is -2.25. The van der Waals surface area contributed by atoms with E-state index in [1.54, 1.807) is 44.2 Å². The predicted molar refractivity (Wildman–Crippen MR) is 94.9 cm³/mol. The Morgan fingerprint density at radius 3 is 2.54 bits per heavy atom. The van der Waals surface area contributed by atoms with Crippen molar-refractivity contribution in [3.05, 3.63) is 75.5 Å². The van der Waals surface area contributed by atoms with Crippen molar-refractivity contribution in [1.29, 1.82) is 0 Å². The molecule has 0 fully saturated rings. The van der Waals surface area contributed by atoms with Crippen molar-refractivity contribution in [3.63, 3.8) is 0 Å². The lowest BCUT2D eigenvalue weighted by atomic mass is 9.87. The van der Waals surface area contributed by atoms with Crippen LogP contribution in [-0.2, 0) is 15.1 Å². The Balaban J connectivity index is 2.36. The molecule has 0 aromatic heterocycles. The minimum absolute atomic E-state index is 0.312. The van der Waals surface area contributed by atoms with Crippen LogP contribution in [0.4, 0.5) is 4.39 Å². The van der Waals surface area contributed by atoms with E-state index in [0.717, 1.165) is 10.0 Å². The number of hydrogen-bond acceptors (Lipinski definition) is 3. The van der Waals surface area contributed by atoms with E-state index in [4.69, 9.17) is 4.74 Å². The molecule has 1 N–H and O–H groups in total. The van der Waals surface area contributed by atoms with Gasteiger partial charge in [-0.2, -0.15) is 0 Å². The molecule has 0 radical (unpaired) electrons. The van der Waals surface area contributed by atoms with Gasteiger partial charge in [0, 0.05) is 10.5 Å². The fourth-order valence-electron chi connectivity index (χ4n) is 2.29. The van der Waals surface area contributed by atoms with Crippen LogP contribution in [0.2, 0.25) is 0 Å². The molecule has 0 saturated carbocycles. The molecule has 2 aromatic rings. The Labute approximate surface area is 148 Å². The Bertz CT molecular complexity index is 752. The van der Waals surface area contributed by atoms with Gasteiger partial charge < -0.3 is 9.84 Å². The third-order valence-electron chi connectivity index (χ3n) is 3.59. The molecule has 5 heteroatoms. The number of halogens is 2. The minimum Gasteiger partial charge on any atom is -0.463 e. The second kappa shape index (κ2) is 7.73. The molecule has 126 valence electrons. The number of benzene rings is 2. The first kappa shape index (κ1) is 18.4. The predicted octanol–water partition coefficient (Wildman–Crippen LogP) is 4.42. The topological polar surface area (TPSA) is 46.5 Å². The quantitative estimate of drug-likeness (QED) is 0.604. The van der Waals surface area contributed by atoms with Gasteiger partial charge in [-0.1, -0.05) is 28.1 Å². The van der Waals surface area contributed by atoms with Crippen molar-refractivity contribution in [2.45, 2.75) is 19.4 Å². The van der Waals surface area contributed by atoms with Gasteiger partial charge in [-0.05, 0) is 66.9 Å². The van der Waals surface area contributed by atoms with Gasteiger partial charge in [0.15, 0.2) is 0 Å². The van der Waals surface area contributed by atoms with Crippen molar-refractivity contribution < 1.29 is 19.0 Å². The summed E-state index contributed by atoms with van der Waals surface area (Å²) in [4.78, 5) is 11.4. The number of carbonyl (C=O) groups excluding carboxylic acids is 1. The second-order valence-electron chi connectivity index (χ2n) is 5.44. The van der Waals surface area contributed by atoms with Gasteiger partial charge in [-0.3, -0.25) is 0 Å². The van der Waals surface area contributed by atoms with Crippen LogP contribution in [0.15, 0.2) is 53.0 Å². The molecule has 1 unspecified atom stereocenters. The van der Waals surface area contributed by atoms with Gasteiger partial charge in [0.2, 0.25) is 0 Å². The van der Waals surface area contributed by atoms with E-state index in [1.807, 2.05) is 6.07 Å². The smallest absolute Gasteiger partial charge is 0.330 e. The zero-order valence-corrected chi connectivity index (χ0v) is 15.0. The number of ether oxygens (including phenoxy) is 1. The third kappa shape index (κ3) is 4.52. The Kier molecular flexibility index (Phi) is 5.91. The van der Waals surface area contributed by atoms with Crippen molar-refractivity contribution in [1.82, 2.24) is 0 Å². The molecule has 1 atom stereocenters. The molecule has 0 amide bonds. The summed E-state index contributed by atoms with van der Waals surface area (Å²) in [6, 6.07) is 11.1. The molecule has 2 rings (SSSR count). The van der Waals surface area contributed by atoms with E-state index < -0.39 is 11.6 Å². The number of aliphatic hydroxyl groups is 1. The van der Waals surface area contributed by atoms with E-state index in [0.29, 0.717) is 17.7 Å². The van der Waals surface area contributed by atoms with Crippen LogP contribution in [0.3, 0.4) is 0 Å². The van der Waals surface area contributed by atoms with Crippen molar-refractivity contribution in [3.8, 4) is 0 Å². The number of esters is 1. The molecular weight excluding hydrogens is 375 g/mol. The van der Waals surface area contributed by atoms with Crippen molar-refractivity contribution >= 4 is 28.0 Å². The normalized spacial score (nSPS) is 13.7. The molecule has 0 aliphatic carbocycles. The zero-order valence-electron chi connectivity index (χ0n) is 13.4. The molecular formula is C19H18BrFO3. The van der Waals surface area contributed by atoms with Gasteiger partial charge in [-0.25, -0.2) is 9.18 Å². The number of carbonyl (C=O) groups is 1. The number of hydrogen-bond donors (Lipinski definition) is 1. The molecule has 0 saturated heterocycles. The van der Waals surface area contributed by atoms with E-state index in [-0.39, 0.29) is 5.82 Å². The Morgan fingerprint density at radius 1 is 1.25 bits per heavy atom. The van der Waals surface area contributed by atoms with Gasteiger partial charge in [-0.15, -0.1) is 0 Å². The summed E-state index contributed by atoms with van der Waals surface area (Å²) in [5.41, 5.74) is 0.619. The summed E-state index contributed by atoms with van der Waals surface area (Å²) in [7, 11) is 0. The molecule has 0 aliphatic heterocycles. The van der Waals surface area contributed by atoms with Crippen LogP contribution >= 0.6 is 15.9 Å². The number of rotatable bonds is 5. The maximum Gasteiger partial charge on any atom is 0.330 e.